The average Bonchev–Trinajstić information content (AvgIpc) is 3.17. The van der Waals surface area contributed by atoms with Crippen molar-refractivity contribution < 1.29 is 27.9 Å². The molecule has 9 heteroatoms. The van der Waals surface area contributed by atoms with Gasteiger partial charge >= 0.3 is 12.1 Å². The lowest BCUT2D eigenvalue weighted by atomic mass is 10.0. The minimum Gasteiger partial charge on any atom is -0.476 e. The number of benzene rings is 3. The van der Waals surface area contributed by atoms with Gasteiger partial charge in [0.1, 0.15) is 0 Å². The summed E-state index contributed by atoms with van der Waals surface area (Å²) in [6.45, 7) is 0. The van der Waals surface area contributed by atoms with Gasteiger partial charge in [0.15, 0.2) is 5.69 Å². The zero-order valence-corrected chi connectivity index (χ0v) is 15.7. The predicted octanol–water partition coefficient (Wildman–Crippen LogP) is 5.20. The zero-order valence-electron chi connectivity index (χ0n) is 15.7. The van der Waals surface area contributed by atoms with Crippen molar-refractivity contribution in [2.75, 3.05) is 5.32 Å². The molecule has 0 aliphatic heterocycles. The second-order valence-electron chi connectivity index (χ2n) is 6.75. The molecule has 0 atom stereocenters. The summed E-state index contributed by atoms with van der Waals surface area (Å²) >= 11 is 0. The number of alkyl halides is 3. The summed E-state index contributed by atoms with van der Waals surface area (Å²) in [6.07, 6.45) is -4.54. The van der Waals surface area contributed by atoms with E-state index in [-0.39, 0.29) is 11.3 Å². The quantitative estimate of drug-likeness (QED) is 0.419. The molecule has 0 aliphatic rings. The van der Waals surface area contributed by atoms with Crippen LogP contribution in [-0.2, 0) is 6.18 Å². The van der Waals surface area contributed by atoms with Crippen LogP contribution in [0.4, 0.5) is 18.9 Å². The molecule has 1 aromatic heterocycles. The molecule has 4 rings (SSSR count). The average molecular weight is 425 g/mol. The Bertz CT molecular complexity index is 1310. The minimum atomic E-state index is -4.54. The largest absolute Gasteiger partial charge is 0.476 e. The van der Waals surface area contributed by atoms with E-state index in [1.54, 1.807) is 42.5 Å². The summed E-state index contributed by atoms with van der Waals surface area (Å²) in [4.78, 5) is 23.6. The predicted molar refractivity (Wildman–Crippen MR) is 108 cm³/mol. The third-order valence-electron chi connectivity index (χ3n) is 4.67. The number of hydrogen-bond donors (Lipinski definition) is 3. The minimum absolute atomic E-state index is 0.0800. The van der Waals surface area contributed by atoms with Crippen molar-refractivity contribution in [3.05, 3.63) is 83.6 Å². The van der Waals surface area contributed by atoms with E-state index in [0.29, 0.717) is 16.6 Å². The van der Waals surface area contributed by atoms with Crippen molar-refractivity contribution in [2.45, 2.75) is 6.18 Å². The van der Waals surface area contributed by atoms with Crippen molar-refractivity contribution in [2.24, 2.45) is 0 Å². The first-order chi connectivity index (χ1) is 14.7. The van der Waals surface area contributed by atoms with Crippen LogP contribution in [0.25, 0.3) is 22.0 Å². The van der Waals surface area contributed by atoms with Crippen molar-refractivity contribution in [1.82, 2.24) is 10.2 Å². The van der Waals surface area contributed by atoms with Crippen LogP contribution < -0.4 is 5.32 Å². The van der Waals surface area contributed by atoms with Crippen LogP contribution in [0.2, 0.25) is 0 Å². The Morgan fingerprint density at radius 1 is 0.935 bits per heavy atom. The van der Waals surface area contributed by atoms with Gasteiger partial charge in [-0.2, -0.15) is 18.3 Å². The number of aromatic carboxylic acids is 1. The molecule has 0 aliphatic carbocycles. The lowest BCUT2D eigenvalue weighted by molar-refractivity contribution is -0.137. The van der Waals surface area contributed by atoms with Crippen molar-refractivity contribution in [3.8, 4) is 11.1 Å². The van der Waals surface area contributed by atoms with E-state index >= 15 is 0 Å². The van der Waals surface area contributed by atoms with Gasteiger partial charge in [-0.3, -0.25) is 9.89 Å². The van der Waals surface area contributed by atoms with Crippen LogP contribution in [0.3, 0.4) is 0 Å². The first-order valence-electron chi connectivity index (χ1n) is 9.03. The lowest BCUT2D eigenvalue weighted by Crippen LogP contribution is -2.13. The molecule has 0 saturated carbocycles. The molecule has 1 heterocycles. The number of nitrogens with zero attached hydrogens (tertiary/aromatic N) is 1. The number of carboxylic acid groups (broad SMARTS) is 1. The van der Waals surface area contributed by atoms with Gasteiger partial charge in [-0.05, 0) is 53.6 Å². The maximum absolute atomic E-state index is 12.9. The maximum atomic E-state index is 12.9. The summed E-state index contributed by atoms with van der Waals surface area (Å²) < 4.78 is 38.7. The summed E-state index contributed by atoms with van der Waals surface area (Å²) in [5.74, 6) is -1.81. The fraction of sp³-hybridized carbons (Fsp3) is 0.0455. The summed E-state index contributed by atoms with van der Waals surface area (Å²) in [5.41, 5.74) is 1.30. The Kier molecular flexibility index (Phi) is 4.94. The van der Waals surface area contributed by atoms with Gasteiger partial charge in [0.25, 0.3) is 5.91 Å². The number of H-pyrrole nitrogens is 1. The Morgan fingerprint density at radius 2 is 1.68 bits per heavy atom. The normalized spacial score (nSPS) is 11.5. The molecule has 0 unspecified atom stereocenters. The zero-order chi connectivity index (χ0) is 22.2. The number of fused-ring (bicyclic) bond motifs is 1. The molecular formula is C22H14F3N3O3. The van der Waals surface area contributed by atoms with Gasteiger partial charge in [-0.25, -0.2) is 4.79 Å². The summed E-state index contributed by atoms with van der Waals surface area (Å²) in [5, 5.41) is 18.7. The smallest absolute Gasteiger partial charge is 0.416 e. The molecule has 4 aromatic rings. The molecule has 3 aromatic carbocycles. The molecule has 156 valence electrons. The molecule has 1 amide bonds. The van der Waals surface area contributed by atoms with Gasteiger partial charge in [0.05, 0.1) is 11.1 Å². The van der Waals surface area contributed by atoms with E-state index in [0.717, 1.165) is 23.3 Å². The number of hydrogen-bond acceptors (Lipinski definition) is 3. The van der Waals surface area contributed by atoms with E-state index in [4.69, 9.17) is 5.11 Å². The second-order valence-corrected chi connectivity index (χ2v) is 6.75. The van der Waals surface area contributed by atoms with Gasteiger partial charge in [-0.15, -0.1) is 0 Å². The fourth-order valence-electron chi connectivity index (χ4n) is 3.18. The number of amides is 1. The highest BCUT2D eigenvalue weighted by molar-refractivity contribution is 6.05. The molecule has 0 bridgehead atoms. The number of aromatic nitrogens is 2. The molecule has 0 radical (unpaired) electrons. The van der Waals surface area contributed by atoms with Crippen LogP contribution in [0, 0.1) is 0 Å². The number of carboxylic acids is 1. The van der Waals surface area contributed by atoms with Crippen LogP contribution in [-0.4, -0.2) is 27.2 Å². The van der Waals surface area contributed by atoms with E-state index < -0.39 is 23.6 Å². The monoisotopic (exact) mass is 425 g/mol. The van der Waals surface area contributed by atoms with E-state index in [2.05, 4.69) is 15.5 Å². The molecule has 31 heavy (non-hydrogen) atoms. The van der Waals surface area contributed by atoms with Gasteiger partial charge in [-0.1, -0.05) is 24.3 Å². The first kappa shape index (κ1) is 20.1. The van der Waals surface area contributed by atoms with Gasteiger partial charge in [0.2, 0.25) is 0 Å². The number of rotatable bonds is 4. The highest BCUT2D eigenvalue weighted by Crippen LogP contribution is 2.30. The highest BCUT2D eigenvalue weighted by Gasteiger charge is 2.30. The lowest BCUT2D eigenvalue weighted by Gasteiger charge is -2.10. The first-order valence-corrected chi connectivity index (χ1v) is 9.03. The molecule has 0 saturated heterocycles. The van der Waals surface area contributed by atoms with Crippen molar-refractivity contribution in [3.63, 3.8) is 0 Å². The molecule has 6 nitrogen and oxygen atoms in total. The maximum Gasteiger partial charge on any atom is 0.416 e. The number of carbonyl (C=O) groups is 2. The standard InChI is InChI=1S/C22H14F3N3O3/c23-22(24,25)15-5-1-4-14(9-15)20(29)26-16-6-2-3-12(10-16)13-7-8-17-18(11-13)27-28-19(17)21(30)31/h1-11H,(H,26,29)(H,27,28)(H,30,31). The number of nitrogens with one attached hydrogen (secondary N) is 2. The Balaban J connectivity index is 1.60. The number of aromatic amines is 1. The van der Waals surface area contributed by atoms with Crippen LogP contribution in [0.15, 0.2) is 66.7 Å². The third kappa shape index (κ3) is 4.11. The SMILES string of the molecule is O=C(Nc1cccc(-c2ccc3c(C(=O)O)n[nH]c3c2)c1)c1cccc(C(F)(F)F)c1. The summed E-state index contributed by atoms with van der Waals surface area (Å²) in [6, 6.07) is 16.0. The number of anilines is 1. The number of carbonyl (C=O) groups excluding carboxylic acids is 1. The summed E-state index contributed by atoms with van der Waals surface area (Å²) in [7, 11) is 0. The topological polar surface area (TPSA) is 95.1 Å². The van der Waals surface area contributed by atoms with Crippen molar-refractivity contribution in [1.29, 1.82) is 0 Å². The van der Waals surface area contributed by atoms with Crippen LogP contribution in [0.1, 0.15) is 26.4 Å². The molecular weight excluding hydrogens is 411 g/mol. The Morgan fingerprint density at radius 3 is 2.42 bits per heavy atom. The Labute approximate surface area is 173 Å². The second kappa shape index (κ2) is 7.60. The number of halogens is 3. The van der Waals surface area contributed by atoms with E-state index in [1.807, 2.05) is 0 Å². The highest BCUT2D eigenvalue weighted by atomic mass is 19.4. The van der Waals surface area contributed by atoms with Gasteiger partial charge < -0.3 is 10.4 Å². The van der Waals surface area contributed by atoms with Crippen molar-refractivity contribution >= 4 is 28.5 Å². The van der Waals surface area contributed by atoms with Gasteiger partial charge in [0, 0.05) is 16.6 Å². The third-order valence-corrected chi connectivity index (χ3v) is 4.67. The molecule has 3 N–H and O–H groups in total. The molecule has 0 spiro atoms. The van der Waals surface area contributed by atoms with E-state index in [9.17, 15) is 22.8 Å². The Hall–Kier alpha value is -4.14. The van der Waals surface area contributed by atoms with E-state index in [1.165, 1.54) is 12.1 Å². The molecule has 0 fully saturated rings. The fourth-order valence-corrected chi connectivity index (χ4v) is 3.18. The van der Waals surface area contributed by atoms with Crippen LogP contribution >= 0.6 is 0 Å². The van der Waals surface area contributed by atoms with Crippen LogP contribution in [0.5, 0.6) is 0 Å².